The number of hydrogen-bond donors (Lipinski definition) is 3. The Kier molecular flexibility index (Phi) is 5.05. The highest BCUT2D eigenvalue weighted by Crippen LogP contribution is 2.30. The summed E-state index contributed by atoms with van der Waals surface area (Å²) in [5.74, 6) is -0.174. The van der Waals surface area contributed by atoms with Crippen molar-refractivity contribution in [1.82, 2.24) is 9.97 Å². The van der Waals surface area contributed by atoms with E-state index in [2.05, 4.69) is 20.6 Å². The number of alkyl halides is 3. The predicted molar refractivity (Wildman–Crippen MR) is 81.7 cm³/mol. The van der Waals surface area contributed by atoms with Crippen molar-refractivity contribution < 1.29 is 18.3 Å². The number of rotatable bonds is 5. The molecule has 2 aromatic rings. The predicted octanol–water partition coefficient (Wildman–Crippen LogP) is 3.34. The number of para-hydroxylation sites is 1. The minimum atomic E-state index is -4.59. The average molecular weight is 326 g/mol. The molecule has 1 aromatic heterocycles. The first-order chi connectivity index (χ1) is 10.8. The summed E-state index contributed by atoms with van der Waals surface area (Å²) in [6.07, 6.45) is -4.59. The van der Waals surface area contributed by atoms with Crippen LogP contribution in [0.5, 0.6) is 0 Å². The average Bonchev–Trinajstić information content (AvgIpc) is 2.48. The summed E-state index contributed by atoms with van der Waals surface area (Å²) in [7, 11) is 0. The van der Waals surface area contributed by atoms with E-state index in [-0.39, 0.29) is 18.4 Å². The maximum Gasteiger partial charge on any atom is 0.433 e. The molecular weight excluding hydrogens is 309 g/mol. The van der Waals surface area contributed by atoms with Crippen LogP contribution in [0.2, 0.25) is 0 Å². The molecule has 124 valence electrons. The quantitative estimate of drug-likeness (QED) is 0.786. The van der Waals surface area contributed by atoms with Crippen LogP contribution in [0.4, 0.5) is 30.6 Å². The van der Waals surface area contributed by atoms with Gasteiger partial charge in [-0.05, 0) is 25.5 Å². The fraction of sp³-hybridized carbons (Fsp3) is 0.333. The number of halogens is 3. The number of hydrogen-bond acceptors (Lipinski definition) is 5. The molecule has 1 aromatic carbocycles. The van der Waals surface area contributed by atoms with Gasteiger partial charge in [0.05, 0.1) is 6.61 Å². The SMILES string of the molecule is Cc1ccccc1Nc1cc(C(F)(F)F)nc(N[C@H](C)CO)n1. The molecular formula is C15H17F3N4O. The van der Waals surface area contributed by atoms with Gasteiger partial charge in [0.15, 0.2) is 5.69 Å². The van der Waals surface area contributed by atoms with E-state index in [1.807, 2.05) is 19.1 Å². The van der Waals surface area contributed by atoms with Crippen LogP contribution >= 0.6 is 0 Å². The zero-order chi connectivity index (χ0) is 17.0. The largest absolute Gasteiger partial charge is 0.433 e. The highest BCUT2D eigenvalue weighted by atomic mass is 19.4. The van der Waals surface area contributed by atoms with Crippen LogP contribution in [0.25, 0.3) is 0 Å². The van der Waals surface area contributed by atoms with Gasteiger partial charge >= 0.3 is 6.18 Å². The van der Waals surface area contributed by atoms with E-state index in [4.69, 9.17) is 5.11 Å². The summed E-state index contributed by atoms with van der Waals surface area (Å²) in [6.45, 7) is 3.19. The second-order valence-corrected chi connectivity index (χ2v) is 5.13. The van der Waals surface area contributed by atoms with E-state index in [9.17, 15) is 13.2 Å². The second kappa shape index (κ2) is 6.82. The number of aryl methyl sites for hydroxylation is 1. The van der Waals surface area contributed by atoms with Crippen LogP contribution in [0, 0.1) is 6.92 Å². The van der Waals surface area contributed by atoms with Gasteiger partial charge in [0.2, 0.25) is 5.95 Å². The van der Waals surface area contributed by atoms with Gasteiger partial charge in [0.25, 0.3) is 0 Å². The molecule has 5 nitrogen and oxygen atoms in total. The van der Waals surface area contributed by atoms with Crippen molar-refractivity contribution in [3.63, 3.8) is 0 Å². The Morgan fingerprint density at radius 2 is 1.91 bits per heavy atom. The van der Waals surface area contributed by atoms with Gasteiger partial charge in [-0.15, -0.1) is 0 Å². The Morgan fingerprint density at radius 1 is 1.22 bits per heavy atom. The molecule has 0 spiro atoms. The van der Waals surface area contributed by atoms with E-state index in [0.717, 1.165) is 11.6 Å². The number of aliphatic hydroxyl groups is 1. The Bertz CT molecular complexity index is 676. The van der Waals surface area contributed by atoms with E-state index >= 15 is 0 Å². The van der Waals surface area contributed by atoms with Gasteiger partial charge in [-0.3, -0.25) is 0 Å². The molecule has 0 fully saturated rings. The molecule has 8 heteroatoms. The summed E-state index contributed by atoms with van der Waals surface area (Å²) in [4.78, 5) is 7.49. The summed E-state index contributed by atoms with van der Waals surface area (Å²) in [5.41, 5.74) is 0.467. The number of aromatic nitrogens is 2. The van der Waals surface area contributed by atoms with Crippen molar-refractivity contribution in [3.8, 4) is 0 Å². The van der Waals surface area contributed by atoms with Gasteiger partial charge in [0.1, 0.15) is 5.82 Å². The third-order valence-corrected chi connectivity index (χ3v) is 3.07. The molecule has 0 aliphatic carbocycles. The smallest absolute Gasteiger partial charge is 0.394 e. The summed E-state index contributed by atoms with van der Waals surface area (Å²) in [5, 5.41) is 14.5. The van der Waals surface area contributed by atoms with Crippen LogP contribution in [-0.2, 0) is 6.18 Å². The van der Waals surface area contributed by atoms with Crippen molar-refractivity contribution in [2.45, 2.75) is 26.1 Å². The van der Waals surface area contributed by atoms with Crippen LogP contribution in [0.3, 0.4) is 0 Å². The highest BCUT2D eigenvalue weighted by molar-refractivity contribution is 5.61. The van der Waals surface area contributed by atoms with Crippen molar-refractivity contribution in [2.75, 3.05) is 17.2 Å². The first-order valence-corrected chi connectivity index (χ1v) is 6.96. The standard InChI is InChI=1S/C15H17F3N4O/c1-9-5-3-4-6-11(9)20-13-7-12(15(16,17)18)21-14(22-13)19-10(2)8-23/h3-7,10,23H,8H2,1-2H3,(H2,19,20,21,22)/t10-/m1/s1. The molecule has 0 aliphatic rings. The van der Waals surface area contributed by atoms with Gasteiger partial charge in [0, 0.05) is 17.8 Å². The molecule has 2 rings (SSSR count). The highest BCUT2D eigenvalue weighted by Gasteiger charge is 2.34. The molecule has 0 radical (unpaired) electrons. The van der Waals surface area contributed by atoms with E-state index in [0.29, 0.717) is 5.69 Å². The first kappa shape index (κ1) is 17.0. The lowest BCUT2D eigenvalue weighted by Crippen LogP contribution is -2.22. The summed E-state index contributed by atoms with van der Waals surface area (Å²) in [6, 6.07) is 7.56. The molecule has 23 heavy (non-hydrogen) atoms. The number of nitrogens with one attached hydrogen (secondary N) is 2. The summed E-state index contributed by atoms with van der Waals surface area (Å²) < 4.78 is 39.0. The lowest BCUT2D eigenvalue weighted by molar-refractivity contribution is -0.141. The zero-order valence-electron chi connectivity index (χ0n) is 12.6. The van der Waals surface area contributed by atoms with Gasteiger partial charge in [-0.2, -0.15) is 18.2 Å². The van der Waals surface area contributed by atoms with E-state index < -0.39 is 17.9 Å². The van der Waals surface area contributed by atoms with E-state index in [1.165, 1.54) is 0 Å². The molecule has 0 unspecified atom stereocenters. The minimum Gasteiger partial charge on any atom is -0.394 e. The van der Waals surface area contributed by atoms with Crippen molar-refractivity contribution >= 4 is 17.5 Å². The Labute approximate surface area is 131 Å². The van der Waals surface area contributed by atoms with Crippen molar-refractivity contribution in [2.24, 2.45) is 0 Å². The normalized spacial score (nSPS) is 12.8. The van der Waals surface area contributed by atoms with Crippen LogP contribution in [0.1, 0.15) is 18.2 Å². The molecule has 1 heterocycles. The maximum atomic E-state index is 13.0. The Hall–Kier alpha value is -2.35. The first-order valence-electron chi connectivity index (χ1n) is 6.96. The monoisotopic (exact) mass is 326 g/mol. The van der Waals surface area contributed by atoms with Crippen LogP contribution < -0.4 is 10.6 Å². The number of aliphatic hydroxyl groups excluding tert-OH is 1. The zero-order valence-corrected chi connectivity index (χ0v) is 12.6. The maximum absolute atomic E-state index is 13.0. The van der Waals surface area contributed by atoms with Crippen molar-refractivity contribution in [3.05, 3.63) is 41.6 Å². The Morgan fingerprint density at radius 3 is 2.52 bits per heavy atom. The molecule has 0 amide bonds. The summed E-state index contributed by atoms with van der Waals surface area (Å²) >= 11 is 0. The molecule has 1 atom stereocenters. The van der Waals surface area contributed by atoms with Crippen LogP contribution in [-0.4, -0.2) is 27.7 Å². The third kappa shape index (κ3) is 4.56. The Balaban J connectivity index is 2.38. The second-order valence-electron chi connectivity index (χ2n) is 5.13. The lowest BCUT2D eigenvalue weighted by atomic mass is 10.2. The lowest BCUT2D eigenvalue weighted by Gasteiger charge is -2.15. The number of nitrogens with zero attached hydrogens (tertiary/aromatic N) is 2. The third-order valence-electron chi connectivity index (χ3n) is 3.07. The molecule has 3 N–H and O–H groups in total. The van der Waals surface area contributed by atoms with E-state index in [1.54, 1.807) is 19.1 Å². The molecule has 0 aliphatic heterocycles. The molecule has 0 saturated heterocycles. The van der Waals surface area contributed by atoms with Gasteiger partial charge in [-0.25, -0.2) is 4.98 Å². The van der Waals surface area contributed by atoms with Crippen molar-refractivity contribution in [1.29, 1.82) is 0 Å². The minimum absolute atomic E-state index is 0.0225. The fourth-order valence-corrected chi connectivity index (χ4v) is 1.84. The molecule has 0 bridgehead atoms. The number of anilines is 3. The topological polar surface area (TPSA) is 70.1 Å². The number of benzene rings is 1. The van der Waals surface area contributed by atoms with Crippen LogP contribution in [0.15, 0.2) is 30.3 Å². The van der Waals surface area contributed by atoms with Gasteiger partial charge < -0.3 is 15.7 Å². The van der Waals surface area contributed by atoms with Gasteiger partial charge in [-0.1, -0.05) is 18.2 Å². The fourth-order valence-electron chi connectivity index (χ4n) is 1.84. The molecule has 0 saturated carbocycles.